The van der Waals surface area contributed by atoms with E-state index >= 15 is 0 Å². The minimum atomic E-state index is -4.54. The molecule has 0 saturated carbocycles. The fourth-order valence-electron chi connectivity index (χ4n) is 2.55. The molecule has 144 valence electrons. The van der Waals surface area contributed by atoms with Crippen LogP contribution in [0.4, 0.5) is 13.2 Å². The van der Waals surface area contributed by atoms with Crippen molar-refractivity contribution in [1.82, 2.24) is 4.72 Å². The van der Waals surface area contributed by atoms with Gasteiger partial charge in [0.25, 0.3) is 0 Å². The fourth-order valence-corrected chi connectivity index (χ4v) is 3.59. The molecular formula is C18H16F3NO4S. The number of hydrogen-bond donors (Lipinski definition) is 2. The fraction of sp³-hybridized carbons (Fsp3) is 0.222. The van der Waals surface area contributed by atoms with Crippen molar-refractivity contribution in [3.8, 4) is 0 Å². The van der Waals surface area contributed by atoms with Gasteiger partial charge in [-0.15, -0.1) is 0 Å². The van der Waals surface area contributed by atoms with Gasteiger partial charge in [-0.05, 0) is 42.8 Å². The van der Waals surface area contributed by atoms with Gasteiger partial charge in [-0.1, -0.05) is 18.2 Å². The number of alkyl halides is 3. The molecule has 9 heteroatoms. The Bertz CT molecular complexity index is 994. The van der Waals surface area contributed by atoms with Crippen LogP contribution in [0.3, 0.4) is 0 Å². The lowest BCUT2D eigenvalue weighted by molar-refractivity contribution is -0.137. The average Bonchev–Trinajstić information content (AvgIpc) is 3.05. The molecule has 0 aliphatic rings. The van der Waals surface area contributed by atoms with Crippen molar-refractivity contribution in [3.05, 3.63) is 65.9 Å². The number of sulfonamides is 1. The van der Waals surface area contributed by atoms with E-state index in [-0.39, 0.29) is 17.9 Å². The summed E-state index contributed by atoms with van der Waals surface area (Å²) in [6.45, 7) is -0.110. The number of fused-ring (bicyclic) bond motifs is 1. The maximum Gasteiger partial charge on any atom is 0.416 e. The smallest absolute Gasteiger partial charge is 0.416 e. The highest BCUT2D eigenvalue weighted by molar-refractivity contribution is 7.89. The van der Waals surface area contributed by atoms with Crippen molar-refractivity contribution in [1.29, 1.82) is 0 Å². The molecular weight excluding hydrogens is 383 g/mol. The summed E-state index contributed by atoms with van der Waals surface area (Å²) in [7, 11) is -3.98. The van der Waals surface area contributed by atoms with Crippen LogP contribution in [0.15, 0.2) is 63.9 Å². The van der Waals surface area contributed by atoms with E-state index in [2.05, 4.69) is 4.72 Å². The Labute approximate surface area is 153 Å². The molecule has 1 heterocycles. The van der Waals surface area contributed by atoms with Gasteiger partial charge in [0, 0.05) is 11.9 Å². The highest BCUT2D eigenvalue weighted by Gasteiger charge is 2.30. The first-order chi connectivity index (χ1) is 12.7. The topological polar surface area (TPSA) is 79.5 Å². The van der Waals surface area contributed by atoms with Gasteiger partial charge in [-0.25, -0.2) is 13.1 Å². The normalized spacial score (nSPS) is 13.8. The van der Waals surface area contributed by atoms with Crippen LogP contribution < -0.4 is 4.72 Å². The lowest BCUT2D eigenvalue weighted by atomic mass is 10.2. The van der Waals surface area contributed by atoms with Crippen LogP contribution in [0.5, 0.6) is 0 Å². The first-order valence-corrected chi connectivity index (χ1v) is 9.48. The third-order valence-corrected chi connectivity index (χ3v) is 5.45. The number of aliphatic hydroxyl groups excluding tert-OH is 1. The zero-order valence-electron chi connectivity index (χ0n) is 13.9. The van der Waals surface area contributed by atoms with Gasteiger partial charge in [0.05, 0.1) is 10.5 Å². The maximum atomic E-state index is 12.5. The van der Waals surface area contributed by atoms with E-state index in [1.807, 2.05) is 12.1 Å². The van der Waals surface area contributed by atoms with Crippen molar-refractivity contribution in [2.24, 2.45) is 0 Å². The molecule has 0 spiro atoms. The third-order valence-electron chi connectivity index (χ3n) is 3.97. The summed E-state index contributed by atoms with van der Waals surface area (Å²) in [5.41, 5.74) is -0.321. The minimum Gasteiger partial charge on any atom is -0.458 e. The molecule has 1 aromatic heterocycles. The molecule has 3 rings (SSSR count). The van der Waals surface area contributed by atoms with Crippen LogP contribution in [-0.4, -0.2) is 20.1 Å². The number of para-hydroxylation sites is 1. The third kappa shape index (κ3) is 4.49. The second-order valence-electron chi connectivity index (χ2n) is 5.91. The summed E-state index contributed by atoms with van der Waals surface area (Å²) in [6, 6.07) is 12.1. The summed E-state index contributed by atoms with van der Waals surface area (Å²) in [6.07, 6.45) is -5.51. The summed E-state index contributed by atoms with van der Waals surface area (Å²) in [5.74, 6) is 0.310. The molecule has 1 atom stereocenters. The molecule has 2 N–H and O–H groups in total. The molecule has 5 nitrogen and oxygen atoms in total. The van der Waals surface area contributed by atoms with Gasteiger partial charge < -0.3 is 9.52 Å². The number of halogens is 3. The molecule has 27 heavy (non-hydrogen) atoms. The number of nitrogens with one attached hydrogen (secondary N) is 1. The van der Waals surface area contributed by atoms with E-state index in [0.717, 1.165) is 17.5 Å². The highest BCUT2D eigenvalue weighted by atomic mass is 32.2. The van der Waals surface area contributed by atoms with E-state index < -0.39 is 27.9 Å². The molecule has 0 amide bonds. The Hall–Kier alpha value is -2.36. The quantitative estimate of drug-likeness (QED) is 0.660. The Morgan fingerprint density at radius 3 is 2.37 bits per heavy atom. The molecule has 0 bridgehead atoms. The SMILES string of the molecule is O=S(=O)(NCCC(O)c1cc2ccccc2o1)c1ccc(C(F)(F)F)cc1. The van der Waals surface area contributed by atoms with Gasteiger partial charge in [0.15, 0.2) is 0 Å². The van der Waals surface area contributed by atoms with Gasteiger partial charge in [0.2, 0.25) is 10.0 Å². The zero-order valence-corrected chi connectivity index (χ0v) is 14.7. The number of furan rings is 1. The van der Waals surface area contributed by atoms with Crippen LogP contribution >= 0.6 is 0 Å². The number of hydrogen-bond acceptors (Lipinski definition) is 4. The standard InChI is InChI=1S/C18H16F3NO4S/c19-18(20,21)13-5-7-14(8-6-13)27(24,25)22-10-9-15(23)17-11-12-3-1-2-4-16(12)26-17/h1-8,11,15,22-23H,9-10H2. The van der Waals surface area contributed by atoms with Crippen molar-refractivity contribution >= 4 is 21.0 Å². The molecule has 2 aromatic carbocycles. The molecule has 0 aliphatic heterocycles. The number of rotatable bonds is 6. The van der Waals surface area contributed by atoms with Crippen molar-refractivity contribution in [2.75, 3.05) is 6.54 Å². The second kappa shape index (κ2) is 7.34. The Morgan fingerprint density at radius 1 is 1.07 bits per heavy atom. The van der Waals surface area contributed by atoms with Gasteiger partial charge >= 0.3 is 6.18 Å². The number of aliphatic hydroxyl groups is 1. The number of benzene rings is 2. The molecule has 0 saturated heterocycles. The van der Waals surface area contributed by atoms with Crippen LogP contribution in [0.25, 0.3) is 11.0 Å². The lowest BCUT2D eigenvalue weighted by Crippen LogP contribution is -2.26. The van der Waals surface area contributed by atoms with Gasteiger partial charge in [-0.2, -0.15) is 13.2 Å². The Balaban J connectivity index is 1.61. The summed E-state index contributed by atoms with van der Waals surface area (Å²) in [4.78, 5) is -0.284. The average molecular weight is 399 g/mol. The molecule has 0 aliphatic carbocycles. The van der Waals surface area contributed by atoms with E-state index in [9.17, 15) is 26.7 Å². The predicted molar refractivity (Wildman–Crippen MR) is 92.4 cm³/mol. The highest BCUT2D eigenvalue weighted by Crippen LogP contribution is 2.30. The van der Waals surface area contributed by atoms with E-state index in [0.29, 0.717) is 23.5 Å². The Kier molecular flexibility index (Phi) is 5.27. The summed E-state index contributed by atoms with van der Waals surface area (Å²) >= 11 is 0. The van der Waals surface area contributed by atoms with Gasteiger partial charge in [0.1, 0.15) is 17.4 Å². The Morgan fingerprint density at radius 2 is 1.74 bits per heavy atom. The van der Waals surface area contributed by atoms with Crippen molar-refractivity contribution in [2.45, 2.75) is 23.6 Å². The van der Waals surface area contributed by atoms with Crippen LogP contribution in [0.2, 0.25) is 0 Å². The molecule has 0 radical (unpaired) electrons. The lowest BCUT2D eigenvalue weighted by Gasteiger charge is -2.11. The first kappa shape index (κ1) is 19.4. The second-order valence-corrected chi connectivity index (χ2v) is 7.68. The molecule has 3 aromatic rings. The predicted octanol–water partition coefficient (Wildman–Crippen LogP) is 3.85. The van der Waals surface area contributed by atoms with Crippen molar-refractivity contribution < 1.29 is 31.1 Å². The largest absolute Gasteiger partial charge is 0.458 e. The zero-order chi connectivity index (χ0) is 19.7. The van der Waals surface area contributed by atoms with Crippen LogP contribution in [0, 0.1) is 0 Å². The maximum absolute atomic E-state index is 12.5. The minimum absolute atomic E-state index is 0.0414. The van der Waals surface area contributed by atoms with E-state index in [1.54, 1.807) is 18.2 Å². The van der Waals surface area contributed by atoms with Crippen LogP contribution in [-0.2, 0) is 16.2 Å². The van der Waals surface area contributed by atoms with Crippen LogP contribution in [0.1, 0.15) is 23.8 Å². The van der Waals surface area contributed by atoms with E-state index in [1.165, 1.54) is 0 Å². The molecule has 0 fully saturated rings. The summed E-state index contributed by atoms with van der Waals surface area (Å²) < 4.78 is 69.7. The summed E-state index contributed by atoms with van der Waals surface area (Å²) in [5, 5.41) is 11.0. The molecule has 1 unspecified atom stereocenters. The van der Waals surface area contributed by atoms with Crippen molar-refractivity contribution in [3.63, 3.8) is 0 Å². The first-order valence-electron chi connectivity index (χ1n) is 8.00. The van der Waals surface area contributed by atoms with Gasteiger partial charge in [-0.3, -0.25) is 0 Å². The monoisotopic (exact) mass is 399 g/mol. The van der Waals surface area contributed by atoms with E-state index in [4.69, 9.17) is 4.42 Å².